The molecule has 13 nitrogen and oxygen atoms in total. The van der Waals surface area contributed by atoms with Crippen molar-refractivity contribution in [2.45, 2.75) is 50.6 Å². The fourth-order valence-corrected chi connectivity index (χ4v) is 2.37. The third kappa shape index (κ3) is 13.3. The molecule has 178 valence electrons. The molecule has 13 heteroatoms. The number of nitrogens with zero attached hydrogens (tertiary/aromatic N) is 1. The number of hydrogen-bond donors (Lipinski definition) is 7. The Morgan fingerprint density at radius 3 is 2.06 bits per heavy atom. The molecule has 0 fully saturated rings. The summed E-state index contributed by atoms with van der Waals surface area (Å²) >= 11 is 0. The standard InChI is InChI=1S/C19H29N5O8/c1-2-8-21-12(11-20)10-15(25)22-9-4-3-5-13(17(28)29)23-19(32)24-14(18(30)31)6-7-16(26)27/h2,8,11,13-14H,1,3-7,9-10,20H2,(H,22,25)(H,26,27)(H,28,29)(H,30,31)(H2,23,24,32)/b12-11-,21-8?/t13-,14-/m0/s1. The molecule has 0 aliphatic heterocycles. The summed E-state index contributed by atoms with van der Waals surface area (Å²) in [6, 6.07) is -3.80. The fraction of sp³-hybridized carbons (Fsp3) is 0.474. The maximum Gasteiger partial charge on any atom is 0.326 e. The zero-order chi connectivity index (χ0) is 24.5. The first-order valence-corrected chi connectivity index (χ1v) is 9.67. The lowest BCUT2D eigenvalue weighted by Crippen LogP contribution is -2.51. The monoisotopic (exact) mass is 455 g/mol. The van der Waals surface area contributed by atoms with Gasteiger partial charge < -0.3 is 37.0 Å². The van der Waals surface area contributed by atoms with Crippen LogP contribution in [0.2, 0.25) is 0 Å². The van der Waals surface area contributed by atoms with Crippen LogP contribution in [-0.2, 0) is 19.2 Å². The molecule has 0 aromatic carbocycles. The van der Waals surface area contributed by atoms with E-state index in [9.17, 15) is 29.1 Å². The van der Waals surface area contributed by atoms with Crippen molar-refractivity contribution < 1.29 is 39.3 Å². The van der Waals surface area contributed by atoms with Crippen molar-refractivity contribution in [3.8, 4) is 0 Å². The second kappa shape index (κ2) is 15.9. The topological polar surface area (TPSA) is 221 Å². The van der Waals surface area contributed by atoms with Crippen LogP contribution in [0, 0.1) is 0 Å². The molecule has 0 aromatic rings. The lowest BCUT2D eigenvalue weighted by molar-refractivity contribution is -0.140. The molecule has 0 bridgehead atoms. The summed E-state index contributed by atoms with van der Waals surface area (Å²) in [4.78, 5) is 60.7. The van der Waals surface area contributed by atoms with E-state index in [4.69, 9.17) is 15.9 Å². The van der Waals surface area contributed by atoms with Crippen LogP contribution in [0.25, 0.3) is 0 Å². The first kappa shape index (κ1) is 28.1. The number of unbranched alkanes of at least 4 members (excludes halogenated alkanes) is 1. The number of allylic oxidation sites excluding steroid dienone is 1. The first-order chi connectivity index (χ1) is 15.1. The number of nitrogens with two attached hydrogens (primary N) is 1. The zero-order valence-corrected chi connectivity index (χ0v) is 17.5. The highest BCUT2D eigenvalue weighted by atomic mass is 16.4. The quantitative estimate of drug-likeness (QED) is 0.121. The molecule has 0 saturated carbocycles. The van der Waals surface area contributed by atoms with E-state index >= 15 is 0 Å². The molecule has 32 heavy (non-hydrogen) atoms. The zero-order valence-electron chi connectivity index (χ0n) is 17.5. The number of hydrogen-bond acceptors (Lipinski definition) is 7. The molecule has 2 atom stereocenters. The van der Waals surface area contributed by atoms with Crippen LogP contribution in [0.1, 0.15) is 38.5 Å². The minimum Gasteiger partial charge on any atom is -0.481 e. The van der Waals surface area contributed by atoms with Crippen LogP contribution in [0.3, 0.4) is 0 Å². The van der Waals surface area contributed by atoms with E-state index in [1.807, 2.05) is 5.32 Å². The van der Waals surface area contributed by atoms with E-state index < -0.39 is 42.4 Å². The van der Waals surface area contributed by atoms with E-state index in [-0.39, 0.29) is 31.7 Å². The number of nitrogens with one attached hydrogen (secondary N) is 3. The molecular weight excluding hydrogens is 426 g/mol. The average Bonchev–Trinajstić information content (AvgIpc) is 2.72. The Morgan fingerprint density at radius 1 is 0.969 bits per heavy atom. The van der Waals surface area contributed by atoms with E-state index in [0.717, 1.165) is 0 Å². The minimum atomic E-state index is -1.47. The van der Waals surface area contributed by atoms with Gasteiger partial charge in [-0.2, -0.15) is 0 Å². The van der Waals surface area contributed by atoms with E-state index in [1.165, 1.54) is 18.5 Å². The van der Waals surface area contributed by atoms with Gasteiger partial charge in [-0.25, -0.2) is 14.4 Å². The first-order valence-electron chi connectivity index (χ1n) is 9.67. The predicted octanol–water partition coefficient (Wildman–Crippen LogP) is -0.210. The van der Waals surface area contributed by atoms with Crippen LogP contribution in [0.5, 0.6) is 0 Å². The largest absolute Gasteiger partial charge is 0.481 e. The van der Waals surface area contributed by atoms with Crippen molar-refractivity contribution in [2.24, 2.45) is 10.7 Å². The maximum atomic E-state index is 11.9. The van der Waals surface area contributed by atoms with Crippen molar-refractivity contribution in [1.29, 1.82) is 0 Å². The van der Waals surface area contributed by atoms with Crippen molar-refractivity contribution in [3.05, 3.63) is 24.6 Å². The summed E-state index contributed by atoms with van der Waals surface area (Å²) < 4.78 is 0. The molecule has 3 amide bonds. The van der Waals surface area contributed by atoms with Gasteiger partial charge in [0.15, 0.2) is 0 Å². The third-order valence-electron chi connectivity index (χ3n) is 3.98. The lowest BCUT2D eigenvalue weighted by atomic mass is 10.1. The van der Waals surface area contributed by atoms with Crippen LogP contribution in [0.15, 0.2) is 29.5 Å². The Labute approximate surface area is 184 Å². The summed E-state index contributed by atoms with van der Waals surface area (Å²) in [6.45, 7) is 3.72. The van der Waals surface area contributed by atoms with Gasteiger partial charge in [-0.15, -0.1) is 0 Å². The summed E-state index contributed by atoms with van der Waals surface area (Å²) in [5, 5.41) is 33.7. The molecule has 0 aliphatic rings. The van der Waals surface area contributed by atoms with Gasteiger partial charge >= 0.3 is 23.9 Å². The average molecular weight is 455 g/mol. The molecular formula is C19H29N5O8. The number of aliphatic imine (C=N–C) groups is 1. The highest BCUT2D eigenvalue weighted by molar-refractivity contribution is 5.86. The molecule has 0 saturated heterocycles. The van der Waals surface area contributed by atoms with Crippen LogP contribution in [0.4, 0.5) is 4.79 Å². The van der Waals surface area contributed by atoms with Gasteiger partial charge in [-0.05, 0) is 25.7 Å². The summed E-state index contributed by atoms with van der Waals surface area (Å²) in [7, 11) is 0. The van der Waals surface area contributed by atoms with Gasteiger partial charge in [0.05, 0.1) is 12.1 Å². The number of aliphatic carboxylic acids is 3. The molecule has 0 spiro atoms. The summed E-state index contributed by atoms with van der Waals surface area (Å²) in [6.07, 6.45) is 3.96. The predicted molar refractivity (Wildman–Crippen MR) is 114 cm³/mol. The smallest absolute Gasteiger partial charge is 0.326 e. The van der Waals surface area contributed by atoms with Gasteiger partial charge in [0, 0.05) is 25.4 Å². The Hall–Kier alpha value is -3.90. The number of carbonyl (C=O) groups is 5. The Morgan fingerprint density at radius 2 is 1.56 bits per heavy atom. The van der Waals surface area contributed by atoms with E-state index in [2.05, 4.69) is 22.2 Å². The molecule has 0 rings (SSSR count). The van der Waals surface area contributed by atoms with Crippen molar-refractivity contribution >= 4 is 36.1 Å². The second-order valence-corrected chi connectivity index (χ2v) is 6.53. The summed E-state index contributed by atoms with van der Waals surface area (Å²) in [5.41, 5.74) is 5.73. The summed E-state index contributed by atoms with van der Waals surface area (Å²) in [5.74, 6) is -4.31. The highest BCUT2D eigenvalue weighted by Gasteiger charge is 2.24. The SMILES string of the molecule is C=CC=N/C(=C\N)CC(=O)NCCCC[C@H](NC(=O)N[C@@H](CCC(=O)O)C(=O)O)C(=O)O. The minimum absolute atomic E-state index is 0.0308. The number of amides is 3. The normalized spacial score (nSPS) is 13.1. The second-order valence-electron chi connectivity index (χ2n) is 6.53. The van der Waals surface area contributed by atoms with Gasteiger partial charge in [0.1, 0.15) is 12.1 Å². The number of carbonyl (C=O) groups excluding carboxylic acids is 2. The van der Waals surface area contributed by atoms with E-state index in [1.54, 1.807) is 0 Å². The van der Waals surface area contributed by atoms with Crippen molar-refractivity contribution in [1.82, 2.24) is 16.0 Å². The number of rotatable bonds is 16. The molecule has 0 unspecified atom stereocenters. The molecule has 0 aliphatic carbocycles. The highest BCUT2D eigenvalue weighted by Crippen LogP contribution is 2.04. The Balaban J connectivity index is 4.43. The van der Waals surface area contributed by atoms with Gasteiger partial charge in [-0.3, -0.25) is 14.6 Å². The van der Waals surface area contributed by atoms with Crippen molar-refractivity contribution in [2.75, 3.05) is 6.54 Å². The Kier molecular flexibility index (Phi) is 13.9. The van der Waals surface area contributed by atoms with Crippen LogP contribution < -0.4 is 21.7 Å². The molecule has 8 N–H and O–H groups in total. The molecule has 0 radical (unpaired) electrons. The molecule has 0 aromatic heterocycles. The Bertz CT molecular complexity index is 750. The lowest BCUT2D eigenvalue weighted by Gasteiger charge is -2.18. The van der Waals surface area contributed by atoms with Crippen LogP contribution in [-0.4, -0.2) is 70.0 Å². The molecule has 0 heterocycles. The van der Waals surface area contributed by atoms with E-state index in [0.29, 0.717) is 18.5 Å². The fourth-order valence-electron chi connectivity index (χ4n) is 2.37. The van der Waals surface area contributed by atoms with Gasteiger partial charge in [-0.1, -0.05) is 12.7 Å². The van der Waals surface area contributed by atoms with Gasteiger partial charge in [0.25, 0.3) is 0 Å². The third-order valence-corrected chi connectivity index (χ3v) is 3.98. The number of urea groups is 1. The maximum absolute atomic E-state index is 11.9. The number of carboxylic acids is 3. The van der Waals surface area contributed by atoms with Gasteiger partial charge in [0.2, 0.25) is 5.91 Å². The van der Waals surface area contributed by atoms with Crippen molar-refractivity contribution in [3.63, 3.8) is 0 Å². The number of carboxylic acid groups (broad SMARTS) is 3. The van der Waals surface area contributed by atoms with Crippen LogP contribution >= 0.6 is 0 Å².